The quantitative estimate of drug-likeness (QED) is 0.870. The van der Waals surface area contributed by atoms with Gasteiger partial charge in [0.05, 0.1) is 11.4 Å². The first-order chi connectivity index (χ1) is 11.1. The van der Waals surface area contributed by atoms with Crippen molar-refractivity contribution in [3.8, 4) is 11.4 Å². The molecular formula is C16H19N3O3S. The summed E-state index contributed by atoms with van der Waals surface area (Å²) in [5, 5.41) is 3.59. The largest absolute Gasteiger partial charge is 0.479 e. The zero-order valence-electron chi connectivity index (χ0n) is 12.9. The molecule has 0 unspecified atom stereocenters. The summed E-state index contributed by atoms with van der Waals surface area (Å²) in [4.78, 5) is 0. The smallest absolute Gasteiger partial charge is 0.256 e. The van der Waals surface area contributed by atoms with Gasteiger partial charge in [-0.05, 0) is 44.4 Å². The van der Waals surface area contributed by atoms with E-state index in [-0.39, 0.29) is 5.03 Å². The minimum atomic E-state index is -3.55. The van der Waals surface area contributed by atoms with E-state index < -0.39 is 15.6 Å². The molecule has 0 radical (unpaired) electrons. The van der Waals surface area contributed by atoms with Gasteiger partial charge in [-0.25, -0.2) is 13.1 Å². The molecule has 3 heterocycles. The number of nitrogens with one attached hydrogen (secondary N) is 2. The molecule has 2 aliphatic rings. The lowest BCUT2D eigenvalue weighted by Crippen LogP contribution is -2.47. The van der Waals surface area contributed by atoms with Crippen molar-refractivity contribution in [2.75, 3.05) is 20.1 Å². The summed E-state index contributed by atoms with van der Waals surface area (Å²) >= 11 is 0. The molecule has 2 aromatic rings. The molecule has 2 N–H and O–H groups in total. The zero-order chi connectivity index (χ0) is 16.1. The van der Waals surface area contributed by atoms with Crippen LogP contribution in [0.3, 0.4) is 0 Å². The van der Waals surface area contributed by atoms with Crippen molar-refractivity contribution in [1.82, 2.24) is 14.6 Å². The van der Waals surface area contributed by atoms with Crippen molar-refractivity contribution in [3.05, 3.63) is 42.1 Å². The fraction of sp³-hybridized carbons (Fsp3) is 0.375. The maximum Gasteiger partial charge on any atom is 0.256 e. The van der Waals surface area contributed by atoms with Crippen molar-refractivity contribution >= 4 is 10.0 Å². The first-order valence-electron chi connectivity index (χ1n) is 7.72. The number of fused-ring (bicyclic) bond motifs is 4. The molecule has 0 atom stereocenters. The van der Waals surface area contributed by atoms with Crippen molar-refractivity contribution in [2.45, 2.75) is 23.5 Å². The minimum Gasteiger partial charge on any atom is -0.479 e. The highest BCUT2D eigenvalue weighted by Crippen LogP contribution is 2.45. The van der Waals surface area contributed by atoms with Crippen LogP contribution in [0.25, 0.3) is 5.69 Å². The van der Waals surface area contributed by atoms with Gasteiger partial charge < -0.3 is 10.1 Å². The van der Waals surface area contributed by atoms with Gasteiger partial charge in [-0.2, -0.15) is 0 Å². The van der Waals surface area contributed by atoms with Gasteiger partial charge in [-0.3, -0.25) is 4.57 Å². The lowest BCUT2D eigenvalue weighted by atomic mass is 9.87. The second-order valence-corrected chi connectivity index (χ2v) is 7.75. The molecule has 122 valence electrons. The molecule has 7 heteroatoms. The van der Waals surface area contributed by atoms with Gasteiger partial charge >= 0.3 is 0 Å². The molecule has 1 spiro atoms. The predicted octanol–water partition coefficient (Wildman–Crippen LogP) is 1.36. The Labute approximate surface area is 135 Å². The van der Waals surface area contributed by atoms with Crippen LogP contribution in [-0.4, -0.2) is 33.1 Å². The second-order valence-electron chi connectivity index (χ2n) is 5.91. The van der Waals surface area contributed by atoms with E-state index in [0.717, 1.165) is 43.1 Å². The Morgan fingerprint density at radius 2 is 1.91 bits per heavy atom. The maximum absolute atomic E-state index is 12.4. The number of para-hydroxylation sites is 2. The van der Waals surface area contributed by atoms with E-state index in [4.69, 9.17) is 4.74 Å². The number of piperidine rings is 1. The van der Waals surface area contributed by atoms with Crippen LogP contribution in [0.5, 0.6) is 5.75 Å². The van der Waals surface area contributed by atoms with E-state index in [1.165, 1.54) is 7.05 Å². The number of sulfonamides is 1. The van der Waals surface area contributed by atoms with Crippen LogP contribution < -0.4 is 14.8 Å². The highest BCUT2D eigenvalue weighted by Gasteiger charge is 2.44. The number of hydrogen-bond acceptors (Lipinski definition) is 4. The third-order valence-corrected chi connectivity index (χ3v) is 6.09. The number of aromatic nitrogens is 1. The topological polar surface area (TPSA) is 72.4 Å². The van der Waals surface area contributed by atoms with Gasteiger partial charge in [0.15, 0.2) is 10.6 Å². The summed E-state index contributed by atoms with van der Waals surface area (Å²) in [6.45, 7) is 1.70. The molecule has 0 amide bonds. The highest BCUT2D eigenvalue weighted by molar-refractivity contribution is 7.89. The first kappa shape index (κ1) is 14.7. The Morgan fingerprint density at radius 1 is 1.17 bits per heavy atom. The Balaban J connectivity index is 2.00. The molecule has 1 aromatic carbocycles. The van der Waals surface area contributed by atoms with E-state index in [0.29, 0.717) is 0 Å². The molecule has 1 aromatic heterocycles. The van der Waals surface area contributed by atoms with Crippen molar-refractivity contribution in [2.24, 2.45) is 0 Å². The SMILES string of the molecule is CNS(=O)(=O)c1ccc2n1-c1ccccc1OC21CCNCC1. The first-order valence-corrected chi connectivity index (χ1v) is 9.21. The summed E-state index contributed by atoms with van der Waals surface area (Å²) in [5.41, 5.74) is 1.21. The summed E-state index contributed by atoms with van der Waals surface area (Å²) < 4.78 is 35.5. The fourth-order valence-corrected chi connectivity index (χ4v) is 4.41. The van der Waals surface area contributed by atoms with Gasteiger partial charge in [0.2, 0.25) is 0 Å². The van der Waals surface area contributed by atoms with Gasteiger partial charge in [0, 0.05) is 12.8 Å². The van der Waals surface area contributed by atoms with Gasteiger partial charge in [0.1, 0.15) is 5.75 Å². The summed E-state index contributed by atoms with van der Waals surface area (Å²) in [6.07, 6.45) is 1.62. The number of hydrogen-bond donors (Lipinski definition) is 2. The lowest BCUT2D eigenvalue weighted by molar-refractivity contribution is 0.0194. The van der Waals surface area contributed by atoms with E-state index in [1.807, 2.05) is 34.9 Å². The minimum absolute atomic E-state index is 0.253. The third kappa shape index (κ3) is 2.11. The number of nitrogens with zero attached hydrogens (tertiary/aromatic N) is 1. The molecule has 0 aliphatic carbocycles. The molecule has 2 aliphatic heterocycles. The van der Waals surface area contributed by atoms with Crippen LogP contribution in [0.4, 0.5) is 0 Å². The van der Waals surface area contributed by atoms with Gasteiger partial charge in [-0.1, -0.05) is 12.1 Å². The summed E-state index contributed by atoms with van der Waals surface area (Å²) in [7, 11) is -2.12. The average Bonchev–Trinajstić information content (AvgIpc) is 3.03. The van der Waals surface area contributed by atoms with Crippen LogP contribution >= 0.6 is 0 Å². The molecule has 1 saturated heterocycles. The van der Waals surface area contributed by atoms with Crippen LogP contribution in [-0.2, 0) is 15.6 Å². The van der Waals surface area contributed by atoms with Crippen LogP contribution in [0.2, 0.25) is 0 Å². The molecular weight excluding hydrogens is 314 g/mol. The Hall–Kier alpha value is -1.83. The van der Waals surface area contributed by atoms with Crippen molar-refractivity contribution in [3.63, 3.8) is 0 Å². The van der Waals surface area contributed by atoms with Crippen LogP contribution in [0.1, 0.15) is 18.5 Å². The molecule has 6 nitrogen and oxygen atoms in total. The summed E-state index contributed by atoms with van der Waals surface area (Å²) in [6, 6.07) is 11.1. The Kier molecular flexibility index (Phi) is 3.26. The maximum atomic E-state index is 12.4. The normalized spacial score (nSPS) is 19.0. The monoisotopic (exact) mass is 333 g/mol. The Morgan fingerprint density at radius 3 is 2.65 bits per heavy atom. The zero-order valence-corrected chi connectivity index (χ0v) is 13.7. The van der Waals surface area contributed by atoms with E-state index >= 15 is 0 Å². The molecule has 23 heavy (non-hydrogen) atoms. The second kappa shape index (κ2) is 5.09. The fourth-order valence-electron chi connectivity index (χ4n) is 3.52. The standard InChI is InChI=1S/C16H19N3O3S/c1-17-23(20,21)15-7-6-14-16(8-10-18-11-9-16)22-13-5-3-2-4-12(13)19(14)15/h2-7,17-18H,8-11H2,1H3. The molecule has 4 rings (SSSR count). The van der Waals surface area contributed by atoms with Crippen LogP contribution in [0, 0.1) is 0 Å². The van der Waals surface area contributed by atoms with Crippen molar-refractivity contribution < 1.29 is 13.2 Å². The van der Waals surface area contributed by atoms with E-state index in [1.54, 1.807) is 6.07 Å². The highest BCUT2D eigenvalue weighted by atomic mass is 32.2. The number of ether oxygens (including phenoxy) is 1. The Bertz CT molecular complexity index is 851. The van der Waals surface area contributed by atoms with Gasteiger partial charge in [-0.15, -0.1) is 0 Å². The van der Waals surface area contributed by atoms with Gasteiger partial charge in [0.25, 0.3) is 10.0 Å². The van der Waals surface area contributed by atoms with Crippen LogP contribution in [0.15, 0.2) is 41.4 Å². The van der Waals surface area contributed by atoms with Crippen molar-refractivity contribution in [1.29, 1.82) is 0 Å². The summed E-state index contributed by atoms with van der Waals surface area (Å²) in [5.74, 6) is 0.727. The van der Waals surface area contributed by atoms with E-state index in [2.05, 4.69) is 10.0 Å². The predicted molar refractivity (Wildman–Crippen MR) is 86.4 cm³/mol. The lowest BCUT2D eigenvalue weighted by Gasteiger charge is -2.42. The molecule has 0 bridgehead atoms. The van der Waals surface area contributed by atoms with E-state index in [9.17, 15) is 8.42 Å². The average molecular weight is 333 g/mol. The third-order valence-electron chi connectivity index (χ3n) is 4.68. The number of rotatable bonds is 2. The molecule has 1 fully saturated rings. The molecule has 0 saturated carbocycles. The number of benzene rings is 1.